The van der Waals surface area contributed by atoms with Gasteiger partial charge in [-0.1, -0.05) is 35.3 Å². The van der Waals surface area contributed by atoms with E-state index in [1.807, 2.05) is 12.1 Å². The van der Waals surface area contributed by atoms with E-state index in [2.05, 4.69) is 0 Å². The van der Waals surface area contributed by atoms with Gasteiger partial charge in [0.25, 0.3) is 0 Å². The molecule has 0 amide bonds. The van der Waals surface area contributed by atoms with Gasteiger partial charge in [-0.2, -0.15) is 0 Å². The average Bonchev–Trinajstić information content (AvgIpc) is 2.49. The summed E-state index contributed by atoms with van der Waals surface area (Å²) in [4.78, 5) is 11.3. The number of nitrogens with two attached hydrogens (primary N) is 1. The van der Waals surface area contributed by atoms with E-state index >= 15 is 0 Å². The molecule has 0 radical (unpaired) electrons. The Morgan fingerprint density at radius 2 is 2.00 bits per heavy atom. The Kier molecular flexibility index (Phi) is 5.66. The molecule has 0 atom stereocenters. The lowest BCUT2D eigenvalue weighted by atomic mass is 10.1. The molecule has 22 heavy (non-hydrogen) atoms. The molecule has 2 aromatic rings. The smallest absolute Gasteiger partial charge is 0.162 e. The molecule has 2 rings (SSSR count). The number of aliphatic hydroxyl groups is 1. The quantitative estimate of drug-likeness (QED) is 0.792. The lowest BCUT2D eigenvalue weighted by Gasteiger charge is -2.12. The van der Waals surface area contributed by atoms with Crippen LogP contribution in [0.4, 0.5) is 5.69 Å². The maximum Gasteiger partial charge on any atom is 0.162 e. The van der Waals surface area contributed by atoms with Gasteiger partial charge in [-0.15, -0.1) is 0 Å². The molecule has 0 aromatic heterocycles. The molecule has 0 fully saturated rings. The fourth-order valence-corrected chi connectivity index (χ4v) is 2.38. The van der Waals surface area contributed by atoms with Crippen molar-refractivity contribution in [3.8, 4) is 5.75 Å². The zero-order valence-corrected chi connectivity index (χ0v) is 13.2. The third kappa shape index (κ3) is 4.37. The maximum atomic E-state index is 11.3. The molecule has 0 heterocycles. The van der Waals surface area contributed by atoms with Gasteiger partial charge < -0.3 is 15.6 Å². The molecule has 2 aromatic carbocycles. The molecule has 0 aliphatic carbocycles. The Morgan fingerprint density at radius 1 is 1.23 bits per heavy atom. The molecular weight excluding hydrogens is 325 g/mol. The van der Waals surface area contributed by atoms with Gasteiger partial charge in [0.1, 0.15) is 19.0 Å². The van der Waals surface area contributed by atoms with Crippen LogP contribution in [0.5, 0.6) is 5.75 Å². The number of ketones is 1. The second kappa shape index (κ2) is 7.49. The number of ether oxygens (including phenoxy) is 1. The van der Waals surface area contributed by atoms with E-state index in [0.717, 1.165) is 5.56 Å². The van der Waals surface area contributed by atoms with Crippen LogP contribution in [0.3, 0.4) is 0 Å². The molecule has 116 valence electrons. The summed E-state index contributed by atoms with van der Waals surface area (Å²) >= 11 is 12.1. The van der Waals surface area contributed by atoms with Crippen molar-refractivity contribution in [3.63, 3.8) is 0 Å². The summed E-state index contributed by atoms with van der Waals surface area (Å²) in [6.45, 7) is -0.223. The lowest BCUT2D eigenvalue weighted by molar-refractivity contribution is -0.121. The first-order valence-electron chi connectivity index (χ1n) is 6.57. The average molecular weight is 340 g/mol. The minimum Gasteiger partial charge on any atom is -0.487 e. The highest BCUT2D eigenvalue weighted by molar-refractivity contribution is 6.32. The number of halogens is 2. The molecule has 6 heteroatoms. The van der Waals surface area contributed by atoms with E-state index in [1.54, 1.807) is 24.3 Å². The molecule has 0 unspecified atom stereocenters. The van der Waals surface area contributed by atoms with Gasteiger partial charge >= 0.3 is 0 Å². The predicted octanol–water partition coefficient (Wildman–Crippen LogP) is 3.26. The normalized spacial score (nSPS) is 10.5. The largest absolute Gasteiger partial charge is 0.487 e. The first kappa shape index (κ1) is 16.6. The van der Waals surface area contributed by atoms with Crippen molar-refractivity contribution >= 4 is 34.7 Å². The standard InChI is InChI=1S/C16H15Cl2NO3/c17-12-3-1-2-10(4-12)9-22-16-7-15(19)11(6-14(16)18)5-13(21)8-20/h1-4,6-7,20H,5,8-9,19H2. The van der Waals surface area contributed by atoms with Crippen molar-refractivity contribution in [1.82, 2.24) is 0 Å². The predicted molar refractivity (Wildman–Crippen MR) is 87.4 cm³/mol. The fourth-order valence-electron chi connectivity index (χ4n) is 1.93. The van der Waals surface area contributed by atoms with E-state index in [9.17, 15) is 4.79 Å². The summed E-state index contributed by atoms with van der Waals surface area (Å²) in [5.41, 5.74) is 7.76. The van der Waals surface area contributed by atoms with Crippen LogP contribution in [0, 0.1) is 0 Å². The van der Waals surface area contributed by atoms with Crippen molar-refractivity contribution in [3.05, 3.63) is 57.6 Å². The van der Waals surface area contributed by atoms with Gasteiger partial charge in [-0.25, -0.2) is 0 Å². The van der Waals surface area contributed by atoms with E-state index < -0.39 is 6.61 Å². The van der Waals surface area contributed by atoms with Crippen LogP contribution < -0.4 is 10.5 Å². The summed E-state index contributed by atoms with van der Waals surface area (Å²) in [7, 11) is 0. The Balaban J connectivity index is 2.12. The number of anilines is 1. The number of nitrogen functional groups attached to an aromatic ring is 1. The number of hydrogen-bond acceptors (Lipinski definition) is 4. The second-order valence-electron chi connectivity index (χ2n) is 4.77. The van der Waals surface area contributed by atoms with Gasteiger partial charge in [-0.05, 0) is 29.3 Å². The van der Waals surface area contributed by atoms with Crippen LogP contribution in [0.15, 0.2) is 36.4 Å². The van der Waals surface area contributed by atoms with E-state index in [1.165, 1.54) is 0 Å². The number of Topliss-reactive ketones (excluding diaryl/α,β-unsaturated/α-hetero) is 1. The molecule has 0 aliphatic heterocycles. The van der Waals surface area contributed by atoms with Crippen LogP contribution in [0.25, 0.3) is 0 Å². The van der Waals surface area contributed by atoms with E-state index in [-0.39, 0.29) is 12.2 Å². The molecule has 4 nitrogen and oxygen atoms in total. The SMILES string of the molecule is Nc1cc(OCc2cccc(Cl)c2)c(Cl)cc1CC(=O)CO. The summed E-state index contributed by atoms with van der Waals surface area (Å²) in [6.07, 6.45) is 0.0383. The lowest BCUT2D eigenvalue weighted by Crippen LogP contribution is -2.09. The number of hydrogen-bond donors (Lipinski definition) is 2. The first-order chi connectivity index (χ1) is 10.5. The fraction of sp³-hybridized carbons (Fsp3) is 0.188. The Bertz CT molecular complexity index is 689. The third-order valence-corrected chi connectivity index (χ3v) is 3.57. The van der Waals surface area contributed by atoms with Crippen LogP contribution in [-0.2, 0) is 17.8 Å². The molecule has 3 N–H and O–H groups in total. The maximum absolute atomic E-state index is 11.3. The minimum atomic E-state index is -0.524. The monoisotopic (exact) mass is 339 g/mol. The van der Waals surface area contributed by atoms with Crippen LogP contribution in [-0.4, -0.2) is 17.5 Å². The highest BCUT2D eigenvalue weighted by Gasteiger charge is 2.11. The zero-order chi connectivity index (χ0) is 16.1. The van der Waals surface area contributed by atoms with Gasteiger partial charge in [0.15, 0.2) is 5.78 Å². The Morgan fingerprint density at radius 3 is 2.68 bits per heavy atom. The van der Waals surface area contributed by atoms with Crippen molar-refractivity contribution < 1.29 is 14.6 Å². The number of rotatable bonds is 6. The summed E-state index contributed by atoms with van der Waals surface area (Å²) in [6, 6.07) is 10.5. The number of carbonyl (C=O) groups is 1. The van der Waals surface area contributed by atoms with Crippen molar-refractivity contribution in [1.29, 1.82) is 0 Å². The summed E-state index contributed by atoms with van der Waals surface area (Å²) in [5.74, 6) is 0.106. The molecular formula is C16H15Cl2NO3. The summed E-state index contributed by atoms with van der Waals surface area (Å²) in [5, 5.41) is 9.77. The third-order valence-electron chi connectivity index (χ3n) is 3.04. The minimum absolute atomic E-state index is 0.0383. The van der Waals surface area contributed by atoms with Gasteiger partial charge in [0.05, 0.1) is 5.02 Å². The number of aliphatic hydroxyl groups excluding tert-OH is 1. The first-order valence-corrected chi connectivity index (χ1v) is 7.33. The topological polar surface area (TPSA) is 72.5 Å². The van der Waals surface area contributed by atoms with Gasteiger partial charge in [0, 0.05) is 23.2 Å². The van der Waals surface area contributed by atoms with E-state index in [4.69, 9.17) is 38.8 Å². The number of benzene rings is 2. The molecule has 0 bridgehead atoms. The number of carbonyl (C=O) groups excluding carboxylic acids is 1. The summed E-state index contributed by atoms with van der Waals surface area (Å²) < 4.78 is 5.64. The van der Waals surface area contributed by atoms with Crippen molar-refractivity contribution in [2.24, 2.45) is 0 Å². The van der Waals surface area contributed by atoms with Gasteiger partial charge in [0.2, 0.25) is 0 Å². The van der Waals surface area contributed by atoms with Crippen LogP contribution in [0.1, 0.15) is 11.1 Å². The molecule has 0 saturated carbocycles. The molecule has 0 aliphatic rings. The molecule has 0 saturated heterocycles. The molecule has 0 spiro atoms. The van der Waals surface area contributed by atoms with Crippen LogP contribution in [0.2, 0.25) is 10.0 Å². The van der Waals surface area contributed by atoms with Gasteiger partial charge in [-0.3, -0.25) is 4.79 Å². The Hall–Kier alpha value is -1.75. The van der Waals surface area contributed by atoms with Crippen molar-refractivity contribution in [2.75, 3.05) is 12.3 Å². The Labute approximate surface area is 138 Å². The van der Waals surface area contributed by atoms with E-state index in [0.29, 0.717) is 33.7 Å². The zero-order valence-electron chi connectivity index (χ0n) is 11.7. The van der Waals surface area contributed by atoms with Crippen LogP contribution >= 0.6 is 23.2 Å². The highest BCUT2D eigenvalue weighted by Crippen LogP contribution is 2.31. The van der Waals surface area contributed by atoms with Crippen molar-refractivity contribution in [2.45, 2.75) is 13.0 Å². The second-order valence-corrected chi connectivity index (χ2v) is 5.62. The highest BCUT2D eigenvalue weighted by atomic mass is 35.5.